The first-order valence-corrected chi connectivity index (χ1v) is 7.32. The Labute approximate surface area is 148 Å². The Morgan fingerprint density at radius 3 is 2.31 bits per heavy atom. The van der Waals surface area contributed by atoms with Gasteiger partial charge in [-0.1, -0.05) is 6.07 Å². The Balaban J connectivity index is 2.09. The first-order chi connectivity index (χ1) is 12.4. The van der Waals surface area contributed by atoms with Crippen molar-refractivity contribution < 1.29 is 19.5 Å². The molecule has 0 saturated carbocycles. The maximum atomic E-state index is 12.1. The van der Waals surface area contributed by atoms with E-state index in [0.29, 0.717) is 11.3 Å². The molecule has 0 aliphatic carbocycles. The van der Waals surface area contributed by atoms with Gasteiger partial charge in [0.05, 0.1) is 5.56 Å². The van der Waals surface area contributed by atoms with Gasteiger partial charge in [0, 0.05) is 23.1 Å². The van der Waals surface area contributed by atoms with Crippen molar-refractivity contribution in [1.29, 1.82) is 5.26 Å². The van der Waals surface area contributed by atoms with Crippen LogP contribution in [0.25, 0.3) is 0 Å². The van der Waals surface area contributed by atoms with Crippen LogP contribution in [-0.2, 0) is 4.79 Å². The number of nitriles is 1. The summed E-state index contributed by atoms with van der Waals surface area (Å²) in [7, 11) is 0. The molecule has 0 heterocycles. The van der Waals surface area contributed by atoms with E-state index < -0.39 is 17.8 Å². The van der Waals surface area contributed by atoms with Crippen molar-refractivity contribution in [3.8, 4) is 6.07 Å². The summed E-state index contributed by atoms with van der Waals surface area (Å²) in [5.74, 6) is -2.39. The number of benzene rings is 2. The highest BCUT2D eigenvalue weighted by Crippen LogP contribution is 2.13. The molecule has 130 valence electrons. The summed E-state index contributed by atoms with van der Waals surface area (Å²) in [5.41, 5.74) is 6.07. The zero-order valence-electron chi connectivity index (χ0n) is 13.4. The number of rotatable bonds is 6. The van der Waals surface area contributed by atoms with Crippen LogP contribution in [0.4, 0.5) is 11.4 Å². The Morgan fingerprint density at radius 2 is 1.73 bits per heavy atom. The number of carbonyl (C=O) groups is 3. The highest BCUT2D eigenvalue weighted by molar-refractivity contribution is 6.07. The number of nitrogens with two attached hydrogens (primary N) is 1. The number of primary amides is 1. The smallest absolute Gasteiger partial charge is 0.335 e. The van der Waals surface area contributed by atoms with Crippen molar-refractivity contribution in [2.24, 2.45) is 5.73 Å². The minimum atomic E-state index is -1.13. The summed E-state index contributed by atoms with van der Waals surface area (Å²) in [5, 5.41) is 23.3. The van der Waals surface area contributed by atoms with Crippen LogP contribution in [0, 0.1) is 11.3 Å². The summed E-state index contributed by atoms with van der Waals surface area (Å²) in [6.45, 7) is 0. The van der Waals surface area contributed by atoms with E-state index in [1.807, 2.05) is 0 Å². The second-order valence-electron chi connectivity index (χ2n) is 5.10. The van der Waals surface area contributed by atoms with Crippen molar-refractivity contribution in [2.75, 3.05) is 10.6 Å². The molecular formula is C18H14N4O4. The normalized spacial score (nSPS) is 10.5. The minimum absolute atomic E-state index is 0.0120. The average molecular weight is 350 g/mol. The van der Waals surface area contributed by atoms with E-state index in [2.05, 4.69) is 10.6 Å². The van der Waals surface area contributed by atoms with E-state index in [1.54, 1.807) is 18.2 Å². The lowest BCUT2D eigenvalue weighted by Crippen LogP contribution is -2.15. The van der Waals surface area contributed by atoms with Gasteiger partial charge < -0.3 is 21.5 Å². The molecule has 0 spiro atoms. The molecule has 8 heteroatoms. The average Bonchev–Trinajstić information content (AvgIpc) is 2.62. The maximum Gasteiger partial charge on any atom is 0.335 e. The van der Waals surface area contributed by atoms with Gasteiger partial charge in [0.2, 0.25) is 5.91 Å². The Morgan fingerprint density at radius 1 is 1.04 bits per heavy atom. The van der Waals surface area contributed by atoms with Gasteiger partial charge in [-0.15, -0.1) is 0 Å². The molecular weight excluding hydrogens is 336 g/mol. The van der Waals surface area contributed by atoms with E-state index in [-0.39, 0.29) is 16.8 Å². The van der Waals surface area contributed by atoms with E-state index in [1.165, 1.54) is 42.6 Å². The van der Waals surface area contributed by atoms with E-state index in [4.69, 9.17) is 16.1 Å². The highest BCUT2D eigenvalue weighted by Gasteiger charge is 2.11. The molecule has 0 atom stereocenters. The molecule has 0 bridgehead atoms. The van der Waals surface area contributed by atoms with Crippen LogP contribution in [-0.4, -0.2) is 22.9 Å². The summed E-state index contributed by atoms with van der Waals surface area (Å²) >= 11 is 0. The molecule has 8 nitrogen and oxygen atoms in total. The van der Waals surface area contributed by atoms with Crippen LogP contribution in [0.15, 0.2) is 60.3 Å². The molecule has 2 aromatic rings. The predicted octanol–water partition coefficient (Wildman–Crippen LogP) is 1.94. The molecule has 0 unspecified atom stereocenters. The number of hydrogen-bond donors (Lipinski definition) is 4. The van der Waals surface area contributed by atoms with Gasteiger partial charge in [-0.05, 0) is 42.5 Å². The Kier molecular flexibility index (Phi) is 5.69. The number of anilines is 2. The third-order valence-electron chi connectivity index (χ3n) is 3.29. The molecule has 0 aliphatic heterocycles. The molecule has 5 N–H and O–H groups in total. The highest BCUT2D eigenvalue weighted by atomic mass is 16.4. The zero-order chi connectivity index (χ0) is 19.1. The molecule has 0 fully saturated rings. The number of carboxylic acids is 1. The quantitative estimate of drug-likeness (QED) is 0.463. The van der Waals surface area contributed by atoms with Gasteiger partial charge in [0.25, 0.3) is 5.91 Å². The fraction of sp³-hybridized carbons (Fsp3) is 0. The monoisotopic (exact) mass is 350 g/mol. The van der Waals surface area contributed by atoms with Crippen LogP contribution in [0.2, 0.25) is 0 Å². The minimum Gasteiger partial charge on any atom is -0.478 e. The predicted molar refractivity (Wildman–Crippen MR) is 94.3 cm³/mol. The van der Waals surface area contributed by atoms with Crippen LogP contribution in [0.3, 0.4) is 0 Å². The fourth-order valence-electron chi connectivity index (χ4n) is 1.96. The summed E-state index contributed by atoms with van der Waals surface area (Å²) in [6.07, 6.45) is 1.20. The number of carboxylic acid groups (broad SMARTS) is 1. The van der Waals surface area contributed by atoms with E-state index in [9.17, 15) is 14.4 Å². The molecule has 2 amide bonds. The molecule has 0 saturated heterocycles. The lowest BCUT2D eigenvalue weighted by atomic mass is 10.2. The summed E-state index contributed by atoms with van der Waals surface area (Å²) in [4.78, 5) is 34.1. The third-order valence-corrected chi connectivity index (χ3v) is 3.29. The topological polar surface area (TPSA) is 145 Å². The Hall–Kier alpha value is -4.12. The van der Waals surface area contributed by atoms with Gasteiger partial charge in [-0.25, -0.2) is 4.79 Å². The van der Waals surface area contributed by atoms with E-state index >= 15 is 0 Å². The summed E-state index contributed by atoms with van der Waals surface area (Å²) < 4.78 is 0. The van der Waals surface area contributed by atoms with Crippen molar-refractivity contribution in [3.63, 3.8) is 0 Å². The Bertz CT molecular complexity index is 927. The van der Waals surface area contributed by atoms with Crippen LogP contribution in [0.1, 0.15) is 20.7 Å². The number of hydrogen-bond acceptors (Lipinski definition) is 5. The molecule has 2 rings (SSSR count). The largest absolute Gasteiger partial charge is 0.478 e. The second-order valence-corrected chi connectivity index (χ2v) is 5.10. The van der Waals surface area contributed by atoms with Crippen molar-refractivity contribution >= 4 is 29.2 Å². The number of aromatic carboxylic acids is 1. The number of nitrogens with one attached hydrogen (secondary N) is 2. The molecule has 2 aromatic carbocycles. The SMILES string of the molecule is N#C/C(=C/Nc1ccc(C(N)=O)cc1)C(=O)Nc1cccc(C(=O)O)c1. The molecule has 0 radical (unpaired) electrons. The van der Waals surface area contributed by atoms with Gasteiger partial charge in [0.1, 0.15) is 11.6 Å². The second kappa shape index (κ2) is 8.12. The number of amides is 2. The van der Waals surface area contributed by atoms with Gasteiger partial charge in [-0.3, -0.25) is 9.59 Å². The first-order valence-electron chi connectivity index (χ1n) is 7.32. The molecule has 26 heavy (non-hydrogen) atoms. The maximum absolute atomic E-state index is 12.1. The number of carbonyl (C=O) groups excluding carboxylic acids is 2. The zero-order valence-corrected chi connectivity index (χ0v) is 13.4. The first kappa shape index (κ1) is 18.2. The van der Waals surface area contributed by atoms with Gasteiger partial charge in [0.15, 0.2) is 0 Å². The number of nitrogens with zero attached hydrogens (tertiary/aromatic N) is 1. The lowest BCUT2D eigenvalue weighted by molar-refractivity contribution is -0.112. The van der Waals surface area contributed by atoms with Crippen molar-refractivity contribution in [2.45, 2.75) is 0 Å². The lowest BCUT2D eigenvalue weighted by Gasteiger charge is -2.06. The standard InChI is InChI=1S/C18H14N4O4/c19-9-13(10-21-14-6-4-11(5-7-14)16(20)23)17(24)22-15-3-1-2-12(8-15)18(25)26/h1-8,10,21H,(H2,20,23)(H,22,24)(H,25,26)/b13-10-. The van der Waals surface area contributed by atoms with Crippen molar-refractivity contribution in [1.82, 2.24) is 0 Å². The molecule has 0 aliphatic rings. The van der Waals surface area contributed by atoms with Crippen LogP contribution >= 0.6 is 0 Å². The van der Waals surface area contributed by atoms with Crippen molar-refractivity contribution in [3.05, 3.63) is 71.4 Å². The van der Waals surface area contributed by atoms with Gasteiger partial charge in [-0.2, -0.15) is 5.26 Å². The van der Waals surface area contributed by atoms with Gasteiger partial charge >= 0.3 is 5.97 Å². The molecule has 0 aromatic heterocycles. The van der Waals surface area contributed by atoms with E-state index in [0.717, 1.165) is 0 Å². The van der Waals surface area contributed by atoms with Crippen LogP contribution < -0.4 is 16.4 Å². The fourth-order valence-corrected chi connectivity index (χ4v) is 1.96. The summed E-state index contributed by atoms with van der Waals surface area (Å²) in [6, 6.07) is 13.6. The van der Waals surface area contributed by atoms with Crippen LogP contribution in [0.5, 0.6) is 0 Å². The third kappa shape index (κ3) is 4.69.